The zero-order chi connectivity index (χ0) is 10.1. The summed E-state index contributed by atoms with van der Waals surface area (Å²) < 4.78 is 18.9. The third kappa shape index (κ3) is 1.79. The van der Waals surface area contributed by atoms with Gasteiger partial charge in [-0.3, -0.25) is 0 Å². The number of aromatic nitrogens is 1. The molecule has 0 saturated heterocycles. The number of aryl methyl sites for hydroxylation is 1. The second-order valence-electron chi connectivity index (χ2n) is 2.90. The molecule has 0 saturated carbocycles. The summed E-state index contributed by atoms with van der Waals surface area (Å²) in [4.78, 5) is 4.06. The summed E-state index contributed by atoms with van der Waals surface area (Å²) in [6.45, 7) is 1.82. The Labute approximate surface area is 94.3 Å². The van der Waals surface area contributed by atoms with E-state index in [0.29, 0.717) is 9.46 Å². The van der Waals surface area contributed by atoms with Gasteiger partial charge in [-0.25, -0.2) is 9.37 Å². The Morgan fingerprint density at radius 1 is 1.43 bits per heavy atom. The van der Waals surface area contributed by atoms with E-state index in [9.17, 15) is 4.39 Å². The highest BCUT2D eigenvalue weighted by Gasteiger charge is 2.06. The van der Waals surface area contributed by atoms with Gasteiger partial charge in [-0.2, -0.15) is 0 Å². The third-order valence-electron chi connectivity index (χ3n) is 1.79. The molecule has 0 amide bonds. The van der Waals surface area contributed by atoms with Crippen molar-refractivity contribution >= 4 is 22.6 Å². The topological polar surface area (TPSA) is 26.0 Å². The van der Waals surface area contributed by atoms with E-state index in [4.69, 9.17) is 4.42 Å². The van der Waals surface area contributed by atoms with Crippen LogP contribution in [0.4, 0.5) is 4.39 Å². The van der Waals surface area contributed by atoms with E-state index < -0.39 is 0 Å². The molecule has 2 rings (SSSR count). The molecule has 0 aliphatic heterocycles. The molecule has 4 heteroatoms. The number of hydrogen-bond acceptors (Lipinski definition) is 2. The van der Waals surface area contributed by atoms with Gasteiger partial charge in [0.25, 0.3) is 0 Å². The lowest BCUT2D eigenvalue weighted by Gasteiger charge is -1.97. The monoisotopic (exact) mass is 303 g/mol. The van der Waals surface area contributed by atoms with Gasteiger partial charge in [0.2, 0.25) is 5.89 Å². The molecule has 14 heavy (non-hydrogen) atoms. The number of oxazole rings is 1. The smallest absolute Gasteiger partial charge is 0.226 e. The molecule has 0 radical (unpaired) electrons. The molecule has 0 spiro atoms. The second-order valence-corrected chi connectivity index (χ2v) is 4.07. The molecular formula is C10H7FINO. The molecule has 0 N–H and O–H groups in total. The Morgan fingerprint density at radius 2 is 2.21 bits per heavy atom. The SMILES string of the molecule is Cc1cnc(-c2ccc(F)c(I)c2)o1. The lowest BCUT2D eigenvalue weighted by Crippen LogP contribution is -1.83. The van der Waals surface area contributed by atoms with E-state index in [1.807, 2.05) is 29.5 Å². The first kappa shape index (κ1) is 9.64. The average Bonchev–Trinajstić information content (AvgIpc) is 2.57. The lowest BCUT2D eigenvalue weighted by atomic mass is 10.2. The largest absolute Gasteiger partial charge is 0.441 e. The summed E-state index contributed by atoms with van der Waals surface area (Å²) >= 11 is 1.94. The van der Waals surface area contributed by atoms with Gasteiger partial charge in [-0.1, -0.05) is 0 Å². The minimum atomic E-state index is -0.224. The fourth-order valence-electron chi connectivity index (χ4n) is 1.12. The second kappa shape index (κ2) is 3.68. The van der Waals surface area contributed by atoms with Crippen molar-refractivity contribution in [3.05, 3.63) is 39.5 Å². The molecule has 0 aliphatic carbocycles. The van der Waals surface area contributed by atoms with Crippen LogP contribution in [-0.2, 0) is 0 Å². The van der Waals surface area contributed by atoms with Crippen LogP contribution in [0.3, 0.4) is 0 Å². The quantitative estimate of drug-likeness (QED) is 0.755. The first-order valence-electron chi connectivity index (χ1n) is 4.04. The predicted molar refractivity (Wildman–Crippen MR) is 59.4 cm³/mol. The fraction of sp³-hybridized carbons (Fsp3) is 0.100. The summed E-state index contributed by atoms with van der Waals surface area (Å²) in [5, 5.41) is 0. The summed E-state index contributed by atoms with van der Waals surface area (Å²) in [5.41, 5.74) is 0.795. The Kier molecular flexibility index (Phi) is 2.54. The molecule has 0 bridgehead atoms. The van der Waals surface area contributed by atoms with Crippen LogP contribution in [0.5, 0.6) is 0 Å². The van der Waals surface area contributed by atoms with Gasteiger partial charge in [0, 0.05) is 9.13 Å². The van der Waals surface area contributed by atoms with Gasteiger partial charge in [-0.15, -0.1) is 0 Å². The van der Waals surface area contributed by atoms with E-state index in [0.717, 1.165) is 11.3 Å². The highest BCUT2D eigenvalue weighted by atomic mass is 127. The molecule has 1 aromatic carbocycles. The van der Waals surface area contributed by atoms with Crippen molar-refractivity contribution in [3.8, 4) is 11.5 Å². The fourth-order valence-corrected chi connectivity index (χ4v) is 1.63. The van der Waals surface area contributed by atoms with Crippen molar-refractivity contribution in [2.75, 3.05) is 0 Å². The molecule has 1 heterocycles. The summed E-state index contributed by atoms with van der Waals surface area (Å²) in [5.74, 6) is 1.05. The van der Waals surface area contributed by atoms with Crippen molar-refractivity contribution in [2.45, 2.75) is 6.92 Å². The Morgan fingerprint density at radius 3 is 2.79 bits per heavy atom. The zero-order valence-corrected chi connectivity index (χ0v) is 9.58. The Balaban J connectivity index is 2.47. The zero-order valence-electron chi connectivity index (χ0n) is 7.42. The van der Waals surface area contributed by atoms with E-state index in [2.05, 4.69) is 4.98 Å². The maximum Gasteiger partial charge on any atom is 0.226 e. The average molecular weight is 303 g/mol. The highest BCUT2D eigenvalue weighted by Crippen LogP contribution is 2.22. The number of benzene rings is 1. The normalized spacial score (nSPS) is 10.5. The molecule has 0 atom stereocenters. The van der Waals surface area contributed by atoms with Crippen LogP contribution in [-0.4, -0.2) is 4.98 Å². The van der Waals surface area contributed by atoms with Gasteiger partial charge in [0.1, 0.15) is 11.6 Å². The van der Waals surface area contributed by atoms with Crippen molar-refractivity contribution in [3.63, 3.8) is 0 Å². The summed E-state index contributed by atoms with van der Waals surface area (Å²) in [6.07, 6.45) is 1.64. The number of halogens is 2. The first-order chi connectivity index (χ1) is 6.66. The van der Waals surface area contributed by atoms with Crippen LogP contribution in [0, 0.1) is 16.3 Å². The maximum atomic E-state index is 13.0. The number of nitrogens with zero attached hydrogens (tertiary/aromatic N) is 1. The maximum absolute atomic E-state index is 13.0. The standard InChI is InChI=1S/C10H7FINO/c1-6-5-13-10(14-6)7-2-3-8(11)9(12)4-7/h2-5H,1H3. The molecule has 2 aromatic rings. The van der Waals surface area contributed by atoms with E-state index in [-0.39, 0.29) is 5.82 Å². The first-order valence-corrected chi connectivity index (χ1v) is 5.12. The lowest BCUT2D eigenvalue weighted by molar-refractivity contribution is 0.542. The molecular weight excluding hydrogens is 296 g/mol. The minimum Gasteiger partial charge on any atom is -0.441 e. The van der Waals surface area contributed by atoms with E-state index in [1.165, 1.54) is 6.07 Å². The van der Waals surface area contributed by atoms with Gasteiger partial charge in [-0.05, 0) is 47.7 Å². The van der Waals surface area contributed by atoms with Crippen LogP contribution in [0.2, 0.25) is 0 Å². The minimum absolute atomic E-state index is 0.224. The molecule has 72 valence electrons. The van der Waals surface area contributed by atoms with Gasteiger partial charge in [0.05, 0.1) is 6.20 Å². The van der Waals surface area contributed by atoms with Gasteiger partial charge in [0.15, 0.2) is 0 Å². The van der Waals surface area contributed by atoms with Crippen molar-refractivity contribution < 1.29 is 8.81 Å². The van der Waals surface area contributed by atoms with Crippen molar-refractivity contribution in [2.24, 2.45) is 0 Å². The predicted octanol–water partition coefficient (Wildman–Crippen LogP) is 3.39. The van der Waals surface area contributed by atoms with Crippen LogP contribution >= 0.6 is 22.6 Å². The molecule has 0 fully saturated rings. The van der Waals surface area contributed by atoms with Crippen LogP contribution in [0.15, 0.2) is 28.8 Å². The molecule has 0 aliphatic rings. The Bertz CT molecular complexity index is 467. The van der Waals surface area contributed by atoms with E-state index >= 15 is 0 Å². The highest BCUT2D eigenvalue weighted by molar-refractivity contribution is 14.1. The molecule has 1 aromatic heterocycles. The van der Waals surface area contributed by atoms with Crippen LogP contribution in [0.25, 0.3) is 11.5 Å². The molecule has 0 unspecified atom stereocenters. The van der Waals surface area contributed by atoms with Crippen molar-refractivity contribution in [1.82, 2.24) is 4.98 Å². The third-order valence-corrected chi connectivity index (χ3v) is 2.61. The van der Waals surface area contributed by atoms with Gasteiger partial charge < -0.3 is 4.42 Å². The Hall–Kier alpha value is -0.910. The number of hydrogen-bond donors (Lipinski definition) is 0. The summed E-state index contributed by atoms with van der Waals surface area (Å²) in [7, 11) is 0. The van der Waals surface area contributed by atoms with Crippen LogP contribution < -0.4 is 0 Å². The summed E-state index contributed by atoms with van der Waals surface area (Å²) in [6, 6.07) is 4.78. The van der Waals surface area contributed by atoms with Gasteiger partial charge >= 0.3 is 0 Å². The van der Waals surface area contributed by atoms with Crippen molar-refractivity contribution in [1.29, 1.82) is 0 Å². The molecule has 2 nitrogen and oxygen atoms in total. The van der Waals surface area contributed by atoms with E-state index in [1.54, 1.807) is 18.3 Å². The number of rotatable bonds is 1. The van der Waals surface area contributed by atoms with Crippen LogP contribution in [0.1, 0.15) is 5.76 Å².